The van der Waals surface area contributed by atoms with Gasteiger partial charge in [0, 0.05) is 23.5 Å². The number of halogens is 2. The van der Waals surface area contributed by atoms with E-state index in [1.54, 1.807) is 6.07 Å². The van der Waals surface area contributed by atoms with E-state index < -0.39 is 11.6 Å². The Morgan fingerprint density at radius 2 is 2.10 bits per heavy atom. The van der Waals surface area contributed by atoms with Gasteiger partial charge in [0.15, 0.2) is 11.6 Å². The summed E-state index contributed by atoms with van der Waals surface area (Å²) in [6, 6.07) is 9.42. The van der Waals surface area contributed by atoms with Crippen molar-refractivity contribution in [1.82, 2.24) is 0 Å². The van der Waals surface area contributed by atoms with Gasteiger partial charge in [-0.1, -0.05) is 12.1 Å². The molecule has 3 nitrogen and oxygen atoms in total. The molecule has 0 aliphatic carbocycles. The monoisotopic (exact) mass is 288 g/mol. The van der Waals surface area contributed by atoms with Gasteiger partial charge < -0.3 is 10.6 Å². The molecule has 21 heavy (non-hydrogen) atoms. The first-order valence-electron chi connectivity index (χ1n) is 6.73. The average molecular weight is 288 g/mol. The summed E-state index contributed by atoms with van der Waals surface area (Å²) in [6.45, 7) is 0.890. The van der Waals surface area contributed by atoms with Gasteiger partial charge in [0.1, 0.15) is 0 Å². The molecule has 0 aromatic heterocycles. The molecule has 0 spiro atoms. The molecule has 1 heterocycles. The minimum atomic E-state index is -0.967. The Morgan fingerprint density at radius 3 is 2.95 bits per heavy atom. The first-order chi connectivity index (χ1) is 10.1. The van der Waals surface area contributed by atoms with Crippen molar-refractivity contribution in [3.05, 3.63) is 59.2 Å². The molecular formula is C16H14F2N2O. The topological polar surface area (TPSA) is 41.1 Å². The quantitative estimate of drug-likeness (QED) is 0.911. The van der Waals surface area contributed by atoms with Crippen LogP contribution in [0.25, 0.3) is 0 Å². The lowest BCUT2D eigenvalue weighted by atomic mass is 10.1. The van der Waals surface area contributed by atoms with Gasteiger partial charge in [0.2, 0.25) is 5.91 Å². The van der Waals surface area contributed by atoms with Gasteiger partial charge >= 0.3 is 0 Å². The van der Waals surface area contributed by atoms with Crippen molar-refractivity contribution in [1.29, 1.82) is 0 Å². The Labute approximate surface area is 121 Å². The second kappa shape index (κ2) is 5.52. The highest BCUT2D eigenvalue weighted by atomic mass is 19.2. The Morgan fingerprint density at radius 1 is 1.24 bits per heavy atom. The van der Waals surface area contributed by atoms with Crippen molar-refractivity contribution in [3.63, 3.8) is 0 Å². The molecule has 1 aliphatic rings. The fourth-order valence-corrected chi connectivity index (χ4v) is 2.45. The number of fused-ring (bicyclic) bond motifs is 1. The highest BCUT2D eigenvalue weighted by Gasteiger charge is 2.14. The van der Waals surface area contributed by atoms with Crippen molar-refractivity contribution in [2.45, 2.75) is 12.8 Å². The van der Waals surface area contributed by atoms with E-state index in [2.05, 4.69) is 10.6 Å². The summed E-state index contributed by atoms with van der Waals surface area (Å²) in [6.07, 6.45) is 0.719. The van der Waals surface area contributed by atoms with E-state index >= 15 is 0 Å². The molecule has 0 unspecified atom stereocenters. The largest absolute Gasteiger partial charge is 0.384 e. The number of anilines is 2. The maximum absolute atomic E-state index is 13.5. The van der Waals surface area contributed by atoms with Crippen LogP contribution in [0.4, 0.5) is 20.2 Å². The van der Waals surface area contributed by atoms with Crippen LogP contribution < -0.4 is 10.6 Å². The van der Waals surface area contributed by atoms with Crippen molar-refractivity contribution < 1.29 is 13.6 Å². The second-order valence-electron chi connectivity index (χ2n) is 4.99. The SMILES string of the molecule is O=C(Cc1cccc(F)c1F)Nc1ccc2c(c1)CCN2. The predicted molar refractivity (Wildman–Crippen MR) is 77.3 cm³/mol. The summed E-state index contributed by atoms with van der Waals surface area (Å²) in [5.74, 6) is -2.28. The fourth-order valence-electron chi connectivity index (χ4n) is 2.45. The maximum atomic E-state index is 13.5. The highest BCUT2D eigenvalue weighted by molar-refractivity contribution is 5.92. The zero-order valence-corrected chi connectivity index (χ0v) is 11.2. The van der Waals surface area contributed by atoms with Crippen LogP contribution in [-0.4, -0.2) is 12.5 Å². The number of hydrogen-bond acceptors (Lipinski definition) is 2. The molecule has 2 aromatic carbocycles. The van der Waals surface area contributed by atoms with E-state index in [-0.39, 0.29) is 17.9 Å². The van der Waals surface area contributed by atoms with Crippen LogP contribution in [0.1, 0.15) is 11.1 Å². The molecule has 5 heteroatoms. The van der Waals surface area contributed by atoms with E-state index in [9.17, 15) is 13.6 Å². The van der Waals surface area contributed by atoms with Gasteiger partial charge in [0.05, 0.1) is 6.42 Å². The van der Waals surface area contributed by atoms with Gasteiger partial charge in [0.25, 0.3) is 0 Å². The summed E-state index contributed by atoms with van der Waals surface area (Å²) in [5.41, 5.74) is 2.93. The Balaban J connectivity index is 1.70. The lowest BCUT2D eigenvalue weighted by Crippen LogP contribution is -2.15. The Hall–Kier alpha value is -2.43. The minimum absolute atomic E-state index is 0.0512. The third-order valence-corrected chi connectivity index (χ3v) is 3.48. The lowest BCUT2D eigenvalue weighted by molar-refractivity contribution is -0.115. The smallest absolute Gasteiger partial charge is 0.228 e. The molecule has 0 saturated heterocycles. The van der Waals surface area contributed by atoms with Crippen LogP contribution >= 0.6 is 0 Å². The molecule has 3 rings (SSSR count). The van der Waals surface area contributed by atoms with Crippen LogP contribution in [0.3, 0.4) is 0 Å². The van der Waals surface area contributed by atoms with Crippen LogP contribution in [-0.2, 0) is 17.6 Å². The molecule has 1 amide bonds. The molecule has 0 atom stereocenters. The standard InChI is InChI=1S/C16H14F2N2O/c17-13-3-1-2-11(16(13)18)9-15(21)20-12-4-5-14-10(8-12)6-7-19-14/h1-5,8,19H,6-7,9H2,(H,20,21). The number of rotatable bonds is 3. The van der Waals surface area contributed by atoms with Crippen molar-refractivity contribution in [2.24, 2.45) is 0 Å². The zero-order chi connectivity index (χ0) is 14.8. The maximum Gasteiger partial charge on any atom is 0.228 e. The number of hydrogen-bond donors (Lipinski definition) is 2. The summed E-state index contributed by atoms with van der Waals surface area (Å²) in [7, 11) is 0. The lowest BCUT2D eigenvalue weighted by Gasteiger charge is -2.08. The third kappa shape index (κ3) is 2.86. The van der Waals surface area contributed by atoms with E-state index in [1.165, 1.54) is 12.1 Å². The summed E-state index contributed by atoms with van der Waals surface area (Å²) >= 11 is 0. The minimum Gasteiger partial charge on any atom is -0.384 e. The molecule has 0 radical (unpaired) electrons. The van der Waals surface area contributed by atoms with Gasteiger partial charge in [-0.05, 0) is 36.2 Å². The normalized spacial score (nSPS) is 12.7. The average Bonchev–Trinajstić information content (AvgIpc) is 2.91. The number of carbonyl (C=O) groups is 1. The first-order valence-corrected chi connectivity index (χ1v) is 6.73. The molecule has 0 saturated carbocycles. The van der Waals surface area contributed by atoms with Crippen molar-refractivity contribution in [2.75, 3.05) is 17.2 Å². The molecular weight excluding hydrogens is 274 g/mol. The molecule has 0 fully saturated rings. The first kappa shape index (κ1) is 13.5. The molecule has 0 bridgehead atoms. The van der Waals surface area contributed by atoms with E-state index in [1.807, 2.05) is 12.1 Å². The number of benzene rings is 2. The van der Waals surface area contributed by atoms with Crippen LogP contribution in [0.5, 0.6) is 0 Å². The van der Waals surface area contributed by atoms with E-state index in [4.69, 9.17) is 0 Å². The van der Waals surface area contributed by atoms with Crippen LogP contribution in [0.2, 0.25) is 0 Å². The van der Waals surface area contributed by atoms with E-state index in [0.29, 0.717) is 5.69 Å². The third-order valence-electron chi connectivity index (χ3n) is 3.48. The highest BCUT2D eigenvalue weighted by Crippen LogP contribution is 2.25. The van der Waals surface area contributed by atoms with Gasteiger partial charge in [-0.15, -0.1) is 0 Å². The summed E-state index contributed by atoms with van der Waals surface area (Å²) < 4.78 is 26.6. The van der Waals surface area contributed by atoms with Crippen LogP contribution in [0, 0.1) is 11.6 Å². The fraction of sp³-hybridized carbons (Fsp3) is 0.188. The van der Waals surface area contributed by atoms with Crippen molar-refractivity contribution in [3.8, 4) is 0 Å². The summed E-state index contributed by atoms with van der Waals surface area (Å²) in [4.78, 5) is 11.9. The van der Waals surface area contributed by atoms with E-state index in [0.717, 1.165) is 30.3 Å². The molecule has 1 aliphatic heterocycles. The number of carbonyl (C=O) groups excluding carboxylic acids is 1. The Bertz CT molecular complexity index is 701. The van der Waals surface area contributed by atoms with Gasteiger partial charge in [-0.25, -0.2) is 8.78 Å². The van der Waals surface area contributed by atoms with Gasteiger partial charge in [-0.2, -0.15) is 0 Å². The number of amides is 1. The van der Waals surface area contributed by atoms with Gasteiger partial charge in [-0.3, -0.25) is 4.79 Å². The predicted octanol–water partition coefficient (Wildman–Crippen LogP) is 3.11. The van der Waals surface area contributed by atoms with Crippen molar-refractivity contribution >= 4 is 17.3 Å². The zero-order valence-electron chi connectivity index (χ0n) is 11.2. The Kier molecular flexibility index (Phi) is 3.56. The summed E-state index contributed by atoms with van der Waals surface area (Å²) in [5, 5.41) is 5.94. The van der Waals surface area contributed by atoms with Crippen LogP contribution in [0.15, 0.2) is 36.4 Å². The number of nitrogens with one attached hydrogen (secondary N) is 2. The molecule has 2 N–H and O–H groups in total. The second-order valence-corrected chi connectivity index (χ2v) is 4.99. The molecule has 2 aromatic rings. The molecule has 108 valence electrons.